The number of nitrogens with zero attached hydrogens (tertiary/aromatic N) is 4. The number of benzene rings is 1. The van der Waals surface area contributed by atoms with Crippen LogP contribution in [-0.4, -0.2) is 44.9 Å². The topological polar surface area (TPSA) is 77.0 Å². The maximum absolute atomic E-state index is 12.6. The van der Waals surface area contributed by atoms with Gasteiger partial charge in [-0.1, -0.05) is 17.3 Å². The monoisotopic (exact) mass is 313 g/mol. The van der Waals surface area contributed by atoms with Crippen LogP contribution in [0.4, 0.5) is 0 Å². The van der Waals surface area contributed by atoms with Crippen molar-refractivity contribution in [1.82, 2.24) is 19.9 Å². The number of rotatable bonds is 3. The Hall–Kier alpha value is -2.21. The second-order valence-electron chi connectivity index (χ2n) is 6.40. The molecule has 0 saturated carbocycles. The first-order valence-corrected chi connectivity index (χ1v) is 8.09. The number of aromatic nitrogens is 3. The van der Waals surface area contributed by atoms with Crippen molar-refractivity contribution in [3.05, 3.63) is 41.7 Å². The first kappa shape index (κ1) is 15.7. The number of amides is 1. The average Bonchev–Trinajstić information content (AvgIpc) is 3.04. The Morgan fingerprint density at radius 3 is 3.00 bits per heavy atom. The summed E-state index contributed by atoms with van der Waals surface area (Å²) in [5.74, 6) is 0.300. The van der Waals surface area contributed by atoms with E-state index in [1.165, 1.54) is 0 Å². The van der Waals surface area contributed by atoms with Crippen molar-refractivity contribution in [3.8, 4) is 5.69 Å². The third-order valence-corrected chi connectivity index (χ3v) is 4.47. The van der Waals surface area contributed by atoms with Gasteiger partial charge < -0.3 is 10.6 Å². The molecule has 6 heteroatoms. The molecule has 2 N–H and O–H groups in total. The molecule has 0 aliphatic carbocycles. The minimum absolute atomic E-state index is 0.0609. The van der Waals surface area contributed by atoms with Gasteiger partial charge in [-0.25, -0.2) is 4.68 Å². The molecule has 0 bridgehead atoms. The van der Waals surface area contributed by atoms with Crippen LogP contribution in [0.25, 0.3) is 5.69 Å². The Balaban J connectivity index is 1.76. The molecule has 1 fully saturated rings. The lowest BCUT2D eigenvalue weighted by molar-refractivity contribution is 0.0655. The Kier molecular flexibility index (Phi) is 4.43. The van der Waals surface area contributed by atoms with Gasteiger partial charge in [0.25, 0.3) is 5.91 Å². The van der Waals surface area contributed by atoms with Crippen LogP contribution in [0, 0.1) is 12.8 Å². The van der Waals surface area contributed by atoms with Gasteiger partial charge in [-0.05, 0) is 50.3 Å². The number of hydrogen-bond donors (Lipinski definition) is 1. The van der Waals surface area contributed by atoms with Crippen molar-refractivity contribution in [2.75, 3.05) is 13.1 Å². The number of hydrogen-bond acceptors (Lipinski definition) is 4. The number of aryl methyl sites for hydroxylation is 1. The maximum atomic E-state index is 12.6. The van der Waals surface area contributed by atoms with Crippen LogP contribution >= 0.6 is 0 Å². The van der Waals surface area contributed by atoms with Gasteiger partial charge in [0.2, 0.25) is 0 Å². The Morgan fingerprint density at radius 1 is 1.43 bits per heavy atom. The number of nitrogens with two attached hydrogens (primary N) is 1. The minimum Gasteiger partial charge on any atom is -0.337 e. The van der Waals surface area contributed by atoms with Crippen molar-refractivity contribution in [2.24, 2.45) is 11.7 Å². The zero-order chi connectivity index (χ0) is 16.4. The van der Waals surface area contributed by atoms with Crippen LogP contribution in [0.3, 0.4) is 0 Å². The number of carbonyl (C=O) groups is 1. The number of likely N-dealkylation sites (tertiary alicyclic amines) is 1. The van der Waals surface area contributed by atoms with Crippen LogP contribution in [0.1, 0.15) is 35.8 Å². The highest BCUT2D eigenvalue weighted by atomic mass is 16.2. The van der Waals surface area contributed by atoms with Gasteiger partial charge in [-0.3, -0.25) is 4.79 Å². The van der Waals surface area contributed by atoms with Crippen molar-refractivity contribution in [3.63, 3.8) is 0 Å². The van der Waals surface area contributed by atoms with E-state index in [1.54, 1.807) is 10.9 Å². The van der Waals surface area contributed by atoms with Gasteiger partial charge in [-0.2, -0.15) is 0 Å². The molecule has 2 heterocycles. The van der Waals surface area contributed by atoms with E-state index in [0.717, 1.165) is 30.6 Å². The molecule has 23 heavy (non-hydrogen) atoms. The molecule has 2 atom stereocenters. The molecule has 1 amide bonds. The van der Waals surface area contributed by atoms with E-state index in [2.05, 4.69) is 10.3 Å². The van der Waals surface area contributed by atoms with E-state index in [0.29, 0.717) is 18.2 Å². The summed E-state index contributed by atoms with van der Waals surface area (Å²) in [6.45, 7) is 5.49. The molecule has 0 spiro atoms. The highest BCUT2D eigenvalue weighted by molar-refractivity contribution is 5.92. The minimum atomic E-state index is -0.0609. The van der Waals surface area contributed by atoms with E-state index >= 15 is 0 Å². The fraction of sp³-hybridized carbons (Fsp3) is 0.471. The van der Waals surface area contributed by atoms with Gasteiger partial charge >= 0.3 is 0 Å². The molecular weight excluding hydrogens is 290 g/mol. The Morgan fingerprint density at radius 2 is 2.26 bits per heavy atom. The lowest BCUT2D eigenvalue weighted by atomic mass is 9.92. The molecule has 1 aromatic carbocycles. The lowest BCUT2D eigenvalue weighted by Gasteiger charge is -2.34. The van der Waals surface area contributed by atoms with E-state index in [1.807, 2.05) is 43.0 Å². The molecule has 3 rings (SSSR count). The average molecular weight is 313 g/mol. The quantitative estimate of drug-likeness (QED) is 0.937. The second-order valence-corrected chi connectivity index (χ2v) is 6.40. The summed E-state index contributed by atoms with van der Waals surface area (Å²) in [5.41, 5.74) is 8.42. The molecule has 2 unspecified atom stereocenters. The van der Waals surface area contributed by atoms with E-state index in [4.69, 9.17) is 5.73 Å². The molecule has 2 aromatic rings. The fourth-order valence-corrected chi connectivity index (χ4v) is 3.04. The van der Waals surface area contributed by atoms with Gasteiger partial charge in [-0.15, -0.1) is 5.10 Å². The fourth-order valence-electron chi connectivity index (χ4n) is 3.04. The number of carbonyl (C=O) groups excluding carboxylic acids is 1. The molecule has 1 aliphatic heterocycles. The third kappa shape index (κ3) is 3.42. The van der Waals surface area contributed by atoms with Crippen molar-refractivity contribution in [2.45, 2.75) is 32.7 Å². The van der Waals surface area contributed by atoms with E-state index in [9.17, 15) is 4.79 Å². The molecule has 6 nitrogen and oxygen atoms in total. The molecule has 1 aromatic heterocycles. The summed E-state index contributed by atoms with van der Waals surface area (Å²) in [7, 11) is 0. The summed E-state index contributed by atoms with van der Waals surface area (Å²) in [5, 5.41) is 8.15. The van der Waals surface area contributed by atoms with Gasteiger partial charge in [0.15, 0.2) is 5.69 Å². The highest BCUT2D eigenvalue weighted by Crippen LogP contribution is 2.20. The molecule has 1 saturated heterocycles. The van der Waals surface area contributed by atoms with Crippen molar-refractivity contribution >= 4 is 5.91 Å². The SMILES string of the molecule is Cc1cccc(-n2cc(C(=O)N3CCCC(C(C)N)C3)nn2)c1. The third-order valence-electron chi connectivity index (χ3n) is 4.47. The summed E-state index contributed by atoms with van der Waals surface area (Å²) in [6, 6.07) is 8.05. The summed E-state index contributed by atoms with van der Waals surface area (Å²) in [4.78, 5) is 14.5. The van der Waals surface area contributed by atoms with Gasteiger partial charge in [0.1, 0.15) is 0 Å². The summed E-state index contributed by atoms with van der Waals surface area (Å²) in [6.07, 6.45) is 3.77. The second kappa shape index (κ2) is 6.50. The van der Waals surface area contributed by atoms with E-state index < -0.39 is 0 Å². The molecule has 122 valence electrons. The highest BCUT2D eigenvalue weighted by Gasteiger charge is 2.27. The first-order valence-electron chi connectivity index (χ1n) is 8.09. The van der Waals surface area contributed by atoms with Crippen LogP contribution in [0.15, 0.2) is 30.5 Å². The van der Waals surface area contributed by atoms with Gasteiger partial charge in [0.05, 0.1) is 11.9 Å². The first-order chi connectivity index (χ1) is 11.0. The maximum Gasteiger partial charge on any atom is 0.276 e. The normalized spacial score (nSPS) is 19.6. The Labute approximate surface area is 136 Å². The standard InChI is InChI=1S/C17H23N5O/c1-12-5-3-7-15(9-12)22-11-16(19-20-22)17(23)21-8-4-6-14(10-21)13(2)18/h3,5,7,9,11,13-14H,4,6,8,10,18H2,1-2H3. The summed E-state index contributed by atoms with van der Waals surface area (Å²) < 4.78 is 1.65. The molecule has 1 aliphatic rings. The molecule has 0 radical (unpaired) electrons. The predicted molar refractivity (Wildman–Crippen MR) is 88.4 cm³/mol. The smallest absolute Gasteiger partial charge is 0.276 e. The number of piperidine rings is 1. The Bertz CT molecular complexity index is 694. The van der Waals surface area contributed by atoms with E-state index in [-0.39, 0.29) is 11.9 Å². The van der Waals surface area contributed by atoms with Crippen molar-refractivity contribution < 1.29 is 4.79 Å². The zero-order valence-electron chi connectivity index (χ0n) is 13.6. The molecular formula is C17H23N5O. The van der Waals surface area contributed by atoms with Crippen LogP contribution in [0.5, 0.6) is 0 Å². The zero-order valence-corrected chi connectivity index (χ0v) is 13.6. The largest absolute Gasteiger partial charge is 0.337 e. The lowest BCUT2D eigenvalue weighted by Crippen LogP contribution is -2.45. The van der Waals surface area contributed by atoms with Crippen LogP contribution < -0.4 is 5.73 Å². The van der Waals surface area contributed by atoms with Crippen LogP contribution in [0.2, 0.25) is 0 Å². The van der Waals surface area contributed by atoms with Crippen molar-refractivity contribution in [1.29, 1.82) is 0 Å². The predicted octanol–water partition coefficient (Wildman–Crippen LogP) is 1.78. The summed E-state index contributed by atoms with van der Waals surface area (Å²) >= 11 is 0. The van der Waals surface area contributed by atoms with Crippen LogP contribution in [-0.2, 0) is 0 Å². The van der Waals surface area contributed by atoms with Gasteiger partial charge in [0, 0.05) is 19.1 Å².